The number of nitrogens with zero attached hydrogens (tertiary/aromatic N) is 2. The van der Waals surface area contributed by atoms with Crippen molar-refractivity contribution >= 4 is 11.8 Å². The average Bonchev–Trinajstić information content (AvgIpc) is 2.68. The molecule has 1 N–H and O–H groups in total. The van der Waals surface area contributed by atoms with E-state index in [9.17, 15) is 9.59 Å². The van der Waals surface area contributed by atoms with Gasteiger partial charge in [0.1, 0.15) is 0 Å². The average molecular weight is 365 g/mol. The fourth-order valence-corrected chi connectivity index (χ4v) is 3.78. The lowest BCUT2D eigenvalue weighted by Crippen LogP contribution is -2.43. The summed E-state index contributed by atoms with van der Waals surface area (Å²) in [5.41, 5.74) is 3.13. The lowest BCUT2D eigenvalue weighted by molar-refractivity contribution is -0.132. The smallest absolute Gasteiger partial charge is 0.226 e. The molecule has 1 atom stereocenters. The van der Waals surface area contributed by atoms with Crippen LogP contribution in [0.5, 0.6) is 0 Å². The van der Waals surface area contributed by atoms with Crippen LogP contribution in [0.1, 0.15) is 42.6 Å². The first-order chi connectivity index (χ1) is 13.0. The van der Waals surface area contributed by atoms with Gasteiger partial charge in [0.15, 0.2) is 0 Å². The van der Waals surface area contributed by atoms with Gasteiger partial charge in [0.25, 0.3) is 0 Å². The van der Waals surface area contributed by atoms with E-state index in [0.29, 0.717) is 6.42 Å². The number of likely N-dealkylation sites (tertiary alicyclic amines) is 1. The molecular formula is C22H27N3O2. The molecular weight excluding hydrogens is 338 g/mol. The highest BCUT2D eigenvalue weighted by atomic mass is 16.2. The molecule has 1 aromatic carbocycles. The van der Waals surface area contributed by atoms with Gasteiger partial charge in [-0.1, -0.05) is 30.3 Å². The fraction of sp³-hybridized carbons (Fsp3) is 0.409. The van der Waals surface area contributed by atoms with E-state index in [0.717, 1.165) is 42.8 Å². The minimum atomic E-state index is -0.0997. The number of pyridine rings is 1. The number of amides is 2. The summed E-state index contributed by atoms with van der Waals surface area (Å²) in [6.07, 6.45) is 3.93. The number of aryl methyl sites for hydroxylation is 1. The maximum absolute atomic E-state index is 12.7. The maximum Gasteiger partial charge on any atom is 0.226 e. The molecule has 2 heterocycles. The minimum Gasteiger partial charge on any atom is -0.348 e. The van der Waals surface area contributed by atoms with Gasteiger partial charge in [-0.05, 0) is 48.9 Å². The van der Waals surface area contributed by atoms with Crippen molar-refractivity contribution < 1.29 is 9.59 Å². The minimum absolute atomic E-state index is 0.0521. The first kappa shape index (κ1) is 19.1. The number of hydrogen-bond donors (Lipinski definition) is 1. The van der Waals surface area contributed by atoms with E-state index in [4.69, 9.17) is 0 Å². The summed E-state index contributed by atoms with van der Waals surface area (Å²) in [7, 11) is 0. The molecule has 0 radical (unpaired) electrons. The molecule has 142 valence electrons. The summed E-state index contributed by atoms with van der Waals surface area (Å²) in [4.78, 5) is 30.7. The second kappa shape index (κ2) is 8.80. The van der Waals surface area contributed by atoms with Gasteiger partial charge in [-0.25, -0.2) is 0 Å². The van der Waals surface area contributed by atoms with Crippen LogP contribution in [0.25, 0.3) is 0 Å². The Morgan fingerprint density at radius 2 is 1.85 bits per heavy atom. The van der Waals surface area contributed by atoms with Crippen molar-refractivity contribution in [1.29, 1.82) is 0 Å². The summed E-state index contributed by atoms with van der Waals surface area (Å²) in [5, 5.41) is 3.05. The predicted octanol–water partition coefficient (Wildman–Crippen LogP) is 3.05. The van der Waals surface area contributed by atoms with Crippen molar-refractivity contribution in [3.05, 3.63) is 65.5 Å². The summed E-state index contributed by atoms with van der Waals surface area (Å²) >= 11 is 0. The molecule has 5 nitrogen and oxygen atoms in total. The van der Waals surface area contributed by atoms with Crippen molar-refractivity contribution in [1.82, 2.24) is 15.2 Å². The van der Waals surface area contributed by atoms with E-state index in [2.05, 4.69) is 10.3 Å². The van der Waals surface area contributed by atoms with Crippen molar-refractivity contribution in [2.45, 2.75) is 39.2 Å². The highest BCUT2D eigenvalue weighted by molar-refractivity contribution is 5.79. The van der Waals surface area contributed by atoms with Gasteiger partial charge in [-0.3, -0.25) is 14.6 Å². The summed E-state index contributed by atoms with van der Waals surface area (Å²) < 4.78 is 0. The Kier molecular flexibility index (Phi) is 6.22. The van der Waals surface area contributed by atoms with Crippen molar-refractivity contribution in [3.63, 3.8) is 0 Å². The van der Waals surface area contributed by atoms with Crippen LogP contribution in [0.2, 0.25) is 0 Å². The number of carbonyl (C=O) groups is 2. The molecule has 1 aliphatic rings. The molecule has 2 amide bonds. The van der Waals surface area contributed by atoms with Gasteiger partial charge in [0.05, 0.1) is 18.2 Å². The van der Waals surface area contributed by atoms with E-state index in [1.807, 2.05) is 54.3 Å². The number of rotatable bonds is 5. The SMILES string of the molecule is CC(=O)N[C@@H](c1ccccn1)C1CCN(C(=O)Cc2ccccc2C)CC1. The number of aromatic nitrogens is 1. The zero-order chi connectivity index (χ0) is 19.2. The highest BCUT2D eigenvalue weighted by Gasteiger charge is 2.30. The summed E-state index contributed by atoms with van der Waals surface area (Å²) in [6.45, 7) is 5.02. The number of piperidine rings is 1. The van der Waals surface area contributed by atoms with Gasteiger partial charge in [0, 0.05) is 26.2 Å². The molecule has 0 unspecified atom stereocenters. The molecule has 0 spiro atoms. The van der Waals surface area contributed by atoms with Crippen LogP contribution in [0, 0.1) is 12.8 Å². The van der Waals surface area contributed by atoms with Crippen LogP contribution in [0.3, 0.4) is 0 Å². The van der Waals surface area contributed by atoms with Crippen LogP contribution in [0.4, 0.5) is 0 Å². The molecule has 1 aromatic heterocycles. The zero-order valence-electron chi connectivity index (χ0n) is 16.0. The third-order valence-corrected chi connectivity index (χ3v) is 5.33. The zero-order valence-corrected chi connectivity index (χ0v) is 16.0. The molecule has 0 saturated carbocycles. The Bertz CT molecular complexity index is 783. The van der Waals surface area contributed by atoms with E-state index in [-0.39, 0.29) is 23.8 Å². The highest BCUT2D eigenvalue weighted by Crippen LogP contribution is 2.30. The van der Waals surface area contributed by atoms with Crippen LogP contribution >= 0.6 is 0 Å². The third kappa shape index (κ3) is 4.94. The first-order valence-electron chi connectivity index (χ1n) is 9.55. The quantitative estimate of drug-likeness (QED) is 0.886. The lowest BCUT2D eigenvalue weighted by atomic mass is 9.87. The Morgan fingerprint density at radius 1 is 1.15 bits per heavy atom. The molecule has 0 aliphatic carbocycles. The van der Waals surface area contributed by atoms with Gasteiger partial charge in [-0.2, -0.15) is 0 Å². The van der Waals surface area contributed by atoms with Crippen molar-refractivity contribution in [3.8, 4) is 0 Å². The topological polar surface area (TPSA) is 62.3 Å². The number of benzene rings is 1. The third-order valence-electron chi connectivity index (χ3n) is 5.33. The largest absolute Gasteiger partial charge is 0.348 e. The van der Waals surface area contributed by atoms with Gasteiger partial charge in [0.2, 0.25) is 11.8 Å². The van der Waals surface area contributed by atoms with E-state index in [1.54, 1.807) is 6.20 Å². The predicted molar refractivity (Wildman–Crippen MR) is 105 cm³/mol. The molecule has 1 saturated heterocycles. The van der Waals surface area contributed by atoms with Crippen LogP contribution in [-0.2, 0) is 16.0 Å². The Morgan fingerprint density at radius 3 is 2.48 bits per heavy atom. The number of hydrogen-bond acceptors (Lipinski definition) is 3. The molecule has 0 bridgehead atoms. The molecule has 1 fully saturated rings. The van der Waals surface area contributed by atoms with Gasteiger partial charge in [-0.15, -0.1) is 0 Å². The Balaban J connectivity index is 1.62. The monoisotopic (exact) mass is 365 g/mol. The molecule has 27 heavy (non-hydrogen) atoms. The fourth-order valence-electron chi connectivity index (χ4n) is 3.78. The van der Waals surface area contributed by atoms with E-state index in [1.165, 1.54) is 6.92 Å². The number of nitrogens with one attached hydrogen (secondary N) is 1. The molecule has 1 aliphatic heterocycles. The van der Waals surface area contributed by atoms with Crippen LogP contribution in [-0.4, -0.2) is 34.8 Å². The van der Waals surface area contributed by atoms with Crippen molar-refractivity contribution in [2.75, 3.05) is 13.1 Å². The second-order valence-electron chi connectivity index (χ2n) is 7.25. The standard InChI is InChI=1S/C22H27N3O2/c1-16-7-3-4-8-19(16)15-21(27)25-13-10-18(11-14-25)22(24-17(2)26)20-9-5-6-12-23-20/h3-9,12,18,22H,10-11,13-15H2,1-2H3,(H,24,26)/t22-/m1/s1. The lowest BCUT2D eigenvalue weighted by Gasteiger charge is -2.36. The van der Waals surface area contributed by atoms with Gasteiger partial charge >= 0.3 is 0 Å². The normalized spacial score (nSPS) is 16.0. The Labute approximate surface area is 160 Å². The Hall–Kier alpha value is -2.69. The van der Waals surface area contributed by atoms with E-state index >= 15 is 0 Å². The number of carbonyl (C=O) groups excluding carboxylic acids is 2. The molecule has 5 heteroatoms. The van der Waals surface area contributed by atoms with Crippen LogP contribution in [0.15, 0.2) is 48.7 Å². The van der Waals surface area contributed by atoms with E-state index < -0.39 is 0 Å². The molecule has 3 rings (SSSR count). The summed E-state index contributed by atoms with van der Waals surface area (Å²) in [5.74, 6) is 0.409. The first-order valence-corrected chi connectivity index (χ1v) is 9.55. The maximum atomic E-state index is 12.7. The summed E-state index contributed by atoms with van der Waals surface area (Å²) in [6, 6.07) is 13.7. The molecule has 2 aromatic rings. The van der Waals surface area contributed by atoms with Crippen molar-refractivity contribution in [2.24, 2.45) is 5.92 Å². The van der Waals surface area contributed by atoms with Gasteiger partial charge < -0.3 is 10.2 Å². The second-order valence-corrected chi connectivity index (χ2v) is 7.25. The van der Waals surface area contributed by atoms with Crippen LogP contribution < -0.4 is 5.32 Å².